The molecule has 0 fully saturated rings. The fraction of sp³-hybridized carbons (Fsp3) is 0.167. The summed E-state index contributed by atoms with van der Waals surface area (Å²) in [6, 6.07) is 8.77. The van der Waals surface area contributed by atoms with E-state index in [4.69, 9.17) is 16.3 Å². The molecule has 1 heterocycles. The average molecular weight is 236 g/mol. The first-order chi connectivity index (χ1) is 7.70. The van der Waals surface area contributed by atoms with Crippen LogP contribution in [0.2, 0.25) is 5.02 Å². The van der Waals surface area contributed by atoms with Gasteiger partial charge in [-0.05, 0) is 31.2 Å². The first kappa shape index (κ1) is 10.9. The van der Waals surface area contributed by atoms with Gasteiger partial charge in [-0.1, -0.05) is 17.7 Å². The molecule has 0 unspecified atom stereocenters. The van der Waals surface area contributed by atoms with Gasteiger partial charge < -0.3 is 4.74 Å². The second-order valence-corrected chi connectivity index (χ2v) is 3.69. The molecule has 0 aliphatic carbocycles. The number of pyridine rings is 1. The lowest BCUT2D eigenvalue weighted by Gasteiger charge is -2.02. The molecule has 0 saturated heterocycles. The highest BCUT2D eigenvalue weighted by molar-refractivity contribution is 6.31. The highest BCUT2D eigenvalue weighted by Crippen LogP contribution is 2.18. The highest BCUT2D eigenvalue weighted by Gasteiger charge is 2.08. The fourth-order valence-electron chi connectivity index (χ4n) is 1.42. The van der Waals surface area contributed by atoms with Crippen LogP contribution in [0.3, 0.4) is 0 Å². The highest BCUT2D eigenvalue weighted by atomic mass is 35.5. The van der Waals surface area contributed by atoms with Crippen molar-refractivity contribution < 1.29 is 9.53 Å². The summed E-state index contributed by atoms with van der Waals surface area (Å²) in [5, 5.41) is 1.55. The molecule has 1 aromatic carbocycles. The van der Waals surface area contributed by atoms with Gasteiger partial charge >= 0.3 is 5.97 Å². The van der Waals surface area contributed by atoms with E-state index in [1.165, 1.54) is 0 Å². The van der Waals surface area contributed by atoms with Gasteiger partial charge in [-0.2, -0.15) is 0 Å². The van der Waals surface area contributed by atoms with Crippen molar-refractivity contribution in [3.8, 4) is 0 Å². The summed E-state index contributed by atoms with van der Waals surface area (Å²) in [6.07, 6.45) is 0. The zero-order chi connectivity index (χ0) is 11.5. The van der Waals surface area contributed by atoms with Gasteiger partial charge in [0.25, 0.3) is 0 Å². The molecule has 16 heavy (non-hydrogen) atoms. The Morgan fingerprint density at radius 3 is 2.94 bits per heavy atom. The van der Waals surface area contributed by atoms with Gasteiger partial charge in [-0.25, -0.2) is 9.78 Å². The van der Waals surface area contributed by atoms with Gasteiger partial charge in [0.2, 0.25) is 0 Å². The fourth-order valence-corrected chi connectivity index (χ4v) is 1.60. The molecule has 2 rings (SSSR count). The van der Waals surface area contributed by atoms with E-state index in [9.17, 15) is 4.79 Å². The van der Waals surface area contributed by atoms with E-state index in [0.717, 1.165) is 10.9 Å². The molecule has 4 heteroatoms. The van der Waals surface area contributed by atoms with Crippen molar-refractivity contribution in [2.24, 2.45) is 0 Å². The second-order valence-electron chi connectivity index (χ2n) is 3.25. The normalized spacial score (nSPS) is 10.4. The van der Waals surface area contributed by atoms with Crippen molar-refractivity contribution in [3.05, 3.63) is 41.0 Å². The maximum Gasteiger partial charge on any atom is 0.356 e. The third kappa shape index (κ3) is 2.14. The molecule has 0 aliphatic rings. The number of nitrogens with zero attached hydrogens (tertiary/aromatic N) is 1. The zero-order valence-electron chi connectivity index (χ0n) is 8.74. The molecular formula is C12H10ClNO2. The van der Waals surface area contributed by atoms with Crippen LogP contribution in [0.15, 0.2) is 30.3 Å². The lowest BCUT2D eigenvalue weighted by Crippen LogP contribution is -2.06. The van der Waals surface area contributed by atoms with Crippen LogP contribution in [0, 0.1) is 0 Å². The van der Waals surface area contributed by atoms with Crippen molar-refractivity contribution in [2.45, 2.75) is 6.92 Å². The van der Waals surface area contributed by atoms with Crippen molar-refractivity contribution in [3.63, 3.8) is 0 Å². The lowest BCUT2D eigenvalue weighted by molar-refractivity contribution is 0.0520. The molecule has 82 valence electrons. The Morgan fingerprint density at radius 2 is 2.19 bits per heavy atom. The summed E-state index contributed by atoms with van der Waals surface area (Å²) in [6.45, 7) is 2.11. The number of halogens is 1. The third-order valence-corrected chi connectivity index (χ3v) is 2.37. The largest absolute Gasteiger partial charge is 0.461 e. The molecule has 0 bridgehead atoms. The number of aromatic nitrogens is 1. The van der Waals surface area contributed by atoms with Crippen LogP contribution in [0.5, 0.6) is 0 Å². The Balaban J connectivity index is 2.44. The van der Waals surface area contributed by atoms with Gasteiger partial charge in [0, 0.05) is 10.4 Å². The minimum Gasteiger partial charge on any atom is -0.461 e. The van der Waals surface area contributed by atoms with E-state index in [0.29, 0.717) is 17.3 Å². The summed E-state index contributed by atoms with van der Waals surface area (Å²) in [4.78, 5) is 15.6. The topological polar surface area (TPSA) is 39.2 Å². The number of fused-ring (bicyclic) bond motifs is 1. The number of rotatable bonds is 2. The van der Waals surface area contributed by atoms with Crippen molar-refractivity contribution in [1.82, 2.24) is 4.98 Å². The minimum absolute atomic E-state index is 0.316. The molecule has 1 aromatic heterocycles. The number of ether oxygens (including phenoxy) is 1. The molecule has 0 radical (unpaired) electrons. The molecule has 0 spiro atoms. The molecule has 0 amide bonds. The number of hydrogen-bond acceptors (Lipinski definition) is 3. The molecular weight excluding hydrogens is 226 g/mol. The molecule has 0 atom stereocenters. The summed E-state index contributed by atoms with van der Waals surface area (Å²) in [5.74, 6) is -0.403. The third-order valence-electron chi connectivity index (χ3n) is 2.14. The summed E-state index contributed by atoms with van der Waals surface area (Å²) < 4.78 is 4.87. The van der Waals surface area contributed by atoms with E-state index in [1.807, 2.05) is 0 Å². The van der Waals surface area contributed by atoms with Crippen LogP contribution in [0.25, 0.3) is 10.9 Å². The van der Waals surface area contributed by atoms with Crippen LogP contribution in [-0.2, 0) is 4.74 Å². The average Bonchev–Trinajstić information content (AvgIpc) is 2.28. The van der Waals surface area contributed by atoms with Crippen LogP contribution in [0.1, 0.15) is 17.4 Å². The van der Waals surface area contributed by atoms with Crippen LogP contribution < -0.4 is 0 Å². The number of carbonyl (C=O) groups is 1. The van der Waals surface area contributed by atoms with Gasteiger partial charge in [0.1, 0.15) is 5.69 Å². The number of esters is 1. The first-order valence-corrected chi connectivity index (χ1v) is 5.32. The minimum atomic E-state index is -0.403. The number of benzene rings is 1. The van der Waals surface area contributed by atoms with Crippen molar-refractivity contribution in [1.29, 1.82) is 0 Å². The van der Waals surface area contributed by atoms with E-state index in [2.05, 4.69) is 4.98 Å². The van der Waals surface area contributed by atoms with Crippen molar-refractivity contribution >= 4 is 28.5 Å². The van der Waals surface area contributed by atoms with Crippen LogP contribution >= 0.6 is 11.6 Å². The monoisotopic (exact) mass is 235 g/mol. The number of hydrogen-bond donors (Lipinski definition) is 0. The summed E-state index contributed by atoms with van der Waals surface area (Å²) in [5.41, 5.74) is 1.05. The first-order valence-electron chi connectivity index (χ1n) is 4.94. The predicted molar refractivity (Wildman–Crippen MR) is 62.7 cm³/mol. The Hall–Kier alpha value is -1.61. The Kier molecular flexibility index (Phi) is 3.06. The Bertz CT molecular complexity index is 540. The maximum atomic E-state index is 11.4. The quantitative estimate of drug-likeness (QED) is 0.751. The smallest absolute Gasteiger partial charge is 0.356 e. The van der Waals surface area contributed by atoms with Gasteiger partial charge in [0.15, 0.2) is 0 Å². The Morgan fingerprint density at radius 1 is 1.38 bits per heavy atom. The zero-order valence-corrected chi connectivity index (χ0v) is 9.49. The predicted octanol–water partition coefficient (Wildman–Crippen LogP) is 3.06. The second kappa shape index (κ2) is 4.49. The lowest BCUT2D eigenvalue weighted by atomic mass is 10.2. The van der Waals surface area contributed by atoms with E-state index in [-0.39, 0.29) is 0 Å². The van der Waals surface area contributed by atoms with E-state index >= 15 is 0 Å². The van der Waals surface area contributed by atoms with Crippen molar-refractivity contribution in [2.75, 3.05) is 6.61 Å². The molecule has 0 N–H and O–H groups in total. The van der Waals surface area contributed by atoms with E-state index < -0.39 is 5.97 Å². The standard InChI is InChI=1S/C12H10ClNO2/c1-2-16-12(15)11-5-3-8-7-9(13)4-6-10(8)14-11/h3-7H,2H2,1H3. The van der Waals surface area contributed by atoms with Crippen LogP contribution in [-0.4, -0.2) is 17.6 Å². The van der Waals surface area contributed by atoms with Gasteiger partial charge in [-0.15, -0.1) is 0 Å². The maximum absolute atomic E-state index is 11.4. The molecule has 2 aromatic rings. The van der Waals surface area contributed by atoms with E-state index in [1.54, 1.807) is 37.3 Å². The summed E-state index contributed by atoms with van der Waals surface area (Å²) in [7, 11) is 0. The van der Waals surface area contributed by atoms with Crippen LogP contribution in [0.4, 0.5) is 0 Å². The SMILES string of the molecule is CCOC(=O)c1ccc2cc(Cl)ccc2n1. The Labute approximate surface area is 98.0 Å². The molecule has 3 nitrogen and oxygen atoms in total. The molecule has 0 saturated carbocycles. The van der Waals surface area contributed by atoms with Gasteiger partial charge in [0.05, 0.1) is 12.1 Å². The number of carbonyl (C=O) groups excluding carboxylic acids is 1. The summed E-state index contributed by atoms with van der Waals surface area (Å²) >= 11 is 5.85. The molecule has 0 aliphatic heterocycles. The van der Waals surface area contributed by atoms with Gasteiger partial charge in [-0.3, -0.25) is 0 Å².